The summed E-state index contributed by atoms with van der Waals surface area (Å²) in [6.45, 7) is 1.93. The molecule has 1 aromatic carbocycles. The van der Waals surface area contributed by atoms with E-state index in [0.29, 0.717) is 0 Å². The van der Waals surface area contributed by atoms with Gasteiger partial charge in [0, 0.05) is 12.1 Å². The molecule has 27 heavy (non-hydrogen) atoms. The van der Waals surface area contributed by atoms with Gasteiger partial charge in [0.2, 0.25) is 0 Å². The van der Waals surface area contributed by atoms with E-state index in [1.165, 1.54) is 44.6 Å². The van der Waals surface area contributed by atoms with E-state index in [1.54, 1.807) is 6.08 Å². The molecule has 4 aliphatic rings. The van der Waals surface area contributed by atoms with Gasteiger partial charge in [0.05, 0.1) is 0 Å². The van der Waals surface area contributed by atoms with Gasteiger partial charge in [0.15, 0.2) is 6.61 Å². The van der Waals surface area contributed by atoms with Crippen LogP contribution in [0, 0.1) is 23.2 Å². The maximum atomic E-state index is 12.3. The summed E-state index contributed by atoms with van der Waals surface area (Å²) in [5.74, 6) is 1.89. The summed E-state index contributed by atoms with van der Waals surface area (Å²) in [6.07, 6.45) is 11.0. The smallest absolute Gasteiger partial charge is 0.331 e. The molecule has 1 atom stereocenters. The number of rotatable bonds is 6. The van der Waals surface area contributed by atoms with Crippen LogP contribution in [0.15, 0.2) is 36.4 Å². The molecule has 4 saturated carbocycles. The molecular weight excluding hydrogens is 338 g/mol. The van der Waals surface area contributed by atoms with Crippen molar-refractivity contribution in [1.29, 1.82) is 0 Å². The largest absolute Gasteiger partial charge is 0.452 e. The highest BCUT2D eigenvalue weighted by Crippen LogP contribution is 2.61. The third-order valence-corrected chi connectivity index (χ3v) is 6.94. The van der Waals surface area contributed by atoms with Crippen molar-refractivity contribution in [1.82, 2.24) is 5.32 Å². The van der Waals surface area contributed by atoms with Gasteiger partial charge in [-0.25, -0.2) is 4.79 Å². The lowest BCUT2D eigenvalue weighted by Gasteiger charge is -2.59. The summed E-state index contributed by atoms with van der Waals surface area (Å²) in [4.78, 5) is 24.2. The van der Waals surface area contributed by atoms with E-state index >= 15 is 0 Å². The molecule has 4 bridgehead atoms. The van der Waals surface area contributed by atoms with E-state index in [4.69, 9.17) is 4.74 Å². The predicted octanol–water partition coefficient (Wildman–Crippen LogP) is 3.96. The Morgan fingerprint density at radius 2 is 1.70 bits per heavy atom. The summed E-state index contributed by atoms with van der Waals surface area (Å²) in [6, 6.07) is 9.70. The van der Waals surface area contributed by atoms with Gasteiger partial charge in [0.1, 0.15) is 0 Å². The van der Waals surface area contributed by atoms with Crippen LogP contribution in [0.25, 0.3) is 6.08 Å². The molecule has 1 N–H and O–H groups in total. The van der Waals surface area contributed by atoms with Crippen LogP contribution in [0.3, 0.4) is 0 Å². The zero-order valence-electron chi connectivity index (χ0n) is 16.0. The minimum Gasteiger partial charge on any atom is -0.452 e. The van der Waals surface area contributed by atoms with Crippen molar-refractivity contribution in [2.75, 3.05) is 6.61 Å². The Morgan fingerprint density at radius 1 is 1.11 bits per heavy atom. The minimum absolute atomic E-state index is 0.150. The molecule has 4 aliphatic carbocycles. The summed E-state index contributed by atoms with van der Waals surface area (Å²) < 4.78 is 5.11. The first-order valence-electron chi connectivity index (χ1n) is 10.2. The Kier molecular flexibility index (Phi) is 5.07. The monoisotopic (exact) mass is 367 g/mol. The number of hydrogen-bond acceptors (Lipinski definition) is 3. The molecule has 4 fully saturated rings. The van der Waals surface area contributed by atoms with Crippen molar-refractivity contribution >= 4 is 18.0 Å². The average Bonchev–Trinajstić information content (AvgIpc) is 2.64. The number of ether oxygens (including phenoxy) is 1. The molecule has 4 heteroatoms. The Labute approximate surface area is 161 Å². The van der Waals surface area contributed by atoms with Crippen molar-refractivity contribution in [3.05, 3.63) is 42.0 Å². The van der Waals surface area contributed by atoms with Crippen molar-refractivity contribution in [2.24, 2.45) is 23.2 Å². The second-order valence-corrected chi connectivity index (χ2v) is 8.92. The number of carbonyl (C=O) groups excluding carboxylic acids is 2. The Hall–Kier alpha value is -2.10. The molecule has 4 nitrogen and oxygen atoms in total. The number of nitrogens with one attached hydrogen (secondary N) is 1. The Balaban J connectivity index is 1.26. The summed E-state index contributed by atoms with van der Waals surface area (Å²) in [7, 11) is 0. The molecule has 0 saturated heterocycles. The highest BCUT2D eigenvalue weighted by Gasteiger charge is 2.53. The van der Waals surface area contributed by atoms with Crippen molar-refractivity contribution < 1.29 is 14.3 Å². The molecule has 144 valence electrons. The van der Waals surface area contributed by atoms with Gasteiger partial charge >= 0.3 is 5.97 Å². The number of amides is 1. The zero-order valence-corrected chi connectivity index (χ0v) is 16.0. The van der Waals surface area contributed by atoms with E-state index in [2.05, 4.69) is 12.2 Å². The van der Waals surface area contributed by atoms with E-state index in [9.17, 15) is 9.59 Å². The third-order valence-electron chi connectivity index (χ3n) is 6.94. The van der Waals surface area contributed by atoms with E-state index in [-0.39, 0.29) is 24.0 Å². The third kappa shape index (κ3) is 4.10. The predicted molar refractivity (Wildman–Crippen MR) is 105 cm³/mol. The van der Waals surface area contributed by atoms with Crippen molar-refractivity contribution in [3.8, 4) is 0 Å². The van der Waals surface area contributed by atoms with Crippen LogP contribution < -0.4 is 5.32 Å². The van der Waals surface area contributed by atoms with Gasteiger partial charge < -0.3 is 10.1 Å². The van der Waals surface area contributed by atoms with Crippen LogP contribution in [0.4, 0.5) is 0 Å². The van der Waals surface area contributed by atoms with Crippen LogP contribution in [-0.4, -0.2) is 24.5 Å². The van der Waals surface area contributed by atoms with Gasteiger partial charge in [-0.3, -0.25) is 4.79 Å². The number of esters is 1. The summed E-state index contributed by atoms with van der Waals surface area (Å²) in [5, 5.41) is 3.13. The first-order valence-corrected chi connectivity index (χ1v) is 10.2. The molecule has 0 heterocycles. The second kappa shape index (κ2) is 7.49. The van der Waals surface area contributed by atoms with Gasteiger partial charge in [-0.15, -0.1) is 0 Å². The van der Waals surface area contributed by atoms with Gasteiger partial charge in [-0.2, -0.15) is 0 Å². The molecule has 0 aromatic heterocycles. The SMILES string of the molecule is C[C@H](NC(=O)COC(=O)/C=C/c1ccccc1)C12CC3CC(CC(C3)C1)C2. The van der Waals surface area contributed by atoms with Crippen LogP contribution in [-0.2, 0) is 14.3 Å². The minimum atomic E-state index is -0.489. The summed E-state index contributed by atoms with van der Waals surface area (Å²) in [5.41, 5.74) is 1.19. The first-order chi connectivity index (χ1) is 13.0. The Bertz CT molecular complexity index is 689. The lowest BCUT2D eigenvalue weighted by Crippen LogP contribution is -2.56. The molecule has 0 unspecified atom stereocenters. The maximum absolute atomic E-state index is 12.3. The first kappa shape index (κ1) is 18.3. The fraction of sp³-hybridized carbons (Fsp3) is 0.565. The molecule has 0 aliphatic heterocycles. The lowest BCUT2D eigenvalue weighted by molar-refractivity contribution is -0.145. The van der Waals surface area contributed by atoms with Gasteiger partial charge in [-0.05, 0) is 80.3 Å². The van der Waals surface area contributed by atoms with E-state index in [1.807, 2.05) is 30.3 Å². The zero-order chi connectivity index (χ0) is 18.9. The van der Waals surface area contributed by atoms with Crippen LogP contribution in [0.5, 0.6) is 0 Å². The lowest BCUT2D eigenvalue weighted by atomic mass is 9.48. The fourth-order valence-corrected chi connectivity index (χ4v) is 6.06. The highest BCUT2D eigenvalue weighted by atomic mass is 16.5. The number of carbonyl (C=O) groups is 2. The van der Waals surface area contributed by atoms with Crippen molar-refractivity contribution in [3.63, 3.8) is 0 Å². The van der Waals surface area contributed by atoms with Crippen molar-refractivity contribution in [2.45, 2.75) is 51.5 Å². The quantitative estimate of drug-likeness (QED) is 0.611. The van der Waals surface area contributed by atoms with E-state index < -0.39 is 5.97 Å². The van der Waals surface area contributed by atoms with Gasteiger partial charge in [0.25, 0.3) is 5.91 Å². The van der Waals surface area contributed by atoms with Crippen LogP contribution in [0.2, 0.25) is 0 Å². The van der Waals surface area contributed by atoms with Crippen LogP contribution >= 0.6 is 0 Å². The molecule has 1 aromatic rings. The fourth-order valence-electron chi connectivity index (χ4n) is 6.06. The average molecular weight is 367 g/mol. The maximum Gasteiger partial charge on any atom is 0.331 e. The summed E-state index contributed by atoms with van der Waals surface area (Å²) >= 11 is 0. The van der Waals surface area contributed by atoms with Crippen LogP contribution in [0.1, 0.15) is 51.0 Å². The van der Waals surface area contributed by atoms with E-state index in [0.717, 1.165) is 23.3 Å². The van der Waals surface area contributed by atoms with Gasteiger partial charge in [-0.1, -0.05) is 30.3 Å². The topological polar surface area (TPSA) is 55.4 Å². The highest BCUT2D eigenvalue weighted by molar-refractivity contribution is 5.89. The number of benzene rings is 1. The molecular formula is C23H29NO3. The molecule has 0 spiro atoms. The normalized spacial score (nSPS) is 32.4. The second-order valence-electron chi connectivity index (χ2n) is 8.92. The molecule has 0 radical (unpaired) electrons. The number of hydrogen-bond donors (Lipinski definition) is 1. The molecule has 5 rings (SSSR count). The molecule has 1 amide bonds. The Morgan fingerprint density at radius 3 is 2.30 bits per heavy atom. The standard InChI is InChI=1S/C23H29NO3/c1-16(23-12-18-9-19(13-23)11-20(10-18)14-23)24-21(25)15-27-22(26)8-7-17-5-3-2-4-6-17/h2-8,16,18-20H,9-15H2,1H3,(H,24,25)/b8-7+/t16-,18?,19?,20?,23?/m0/s1.